The number of unbranched alkanes of at least 4 members (excludes halogenated alkanes) is 1. The van der Waals surface area contributed by atoms with Crippen molar-refractivity contribution in [3.63, 3.8) is 0 Å². The molecule has 1 atom stereocenters. The number of nitrogens with two attached hydrogens (primary N) is 2. The van der Waals surface area contributed by atoms with Gasteiger partial charge in [0.25, 0.3) is 0 Å². The number of nitrogens with one attached hydrogen (secondary N) is 1. The molecule has 2 aromatic carbocycles. The van der Waals surface area contributed by atoms with Crippen molar-refractivity contribution in [3.8, 4) is 28.5 Å². The third-order valence-corrected chi connectivity index (χ3v) is 5.04. The number of hydrogen-bond donors (Lipinski definition) is 3. The van der Waals surface area contributed by atoms with Gasteiger partial charge in [-0.25, -0.2) is 4.98 Å². The van der Waals surface area contributed by atoms with Crippen LogP contribution in [0.15, 0.2) is 48.5 Å². The summed E-state index contributed by atoms with van der Waals surface area (Å²) >= 11 is 0. The van der Waals surface area contributed by atoms with Crippen LogP contribution in [0.4, 0.5) is 13.2 Å². The number of H-pyrrole nitrogens is 1. The van der Waals surface area contributed by atoms with Crippen molar-refractivity contribution in [2.75, 3.05) is 6.54 Å². The third kappa shape index (κ3) is 9.87. The summed E-state index contributed by atoms with van der Waals surface area (Å²) in [6.45, 7) is 4.67. The normalized spacial score (nSPS) is 12.0. The molecule has 1 unspecified atom stereocenters. The average Bonchev–Trinajstić information content (AvgIpc) is 3.30. The third-order valence-electron chi connectivity index (χ3n) is 5.04. The quantitative estimate of drug-likeness (QED) is 0.337. The lowest BCUT2D eigenvalue weighted by atomic mass is 10.0. The first-order valence-electron chi connectivity index (χ1n) is 11.5. The maximum Gasteiger partial charge on any atom is 0.573 e. The van der Waals surface area contributed by atoms with Gasteiger partial charge in [-0.2, -0.15) is 5.10 Å². The number of nitrogens with zero attached hydrogens (tertiary/aromatic N) is 2. The van der Waals surface area contributed by atoms with Gasteiger partial charge in [0.1, 0.15) is 11.5 Å². The standard InChI is InChI=1S/C16H12F3N3O.C9H20N2O/c1-10-2-4-11(5-3-10)14-20-15(22-21-14)12-6-8-13(9-7-12)23-16(17,18)19;1-2-5-9(12)8(11)6-3-4-7-10/h2-9H,1H3,(H,20,21,22);8H,2-7,10-11H2,1H3. The molecule has 0 aliphatic heterocycles. The van der Waals surface area contributed by atoms with Crippen LogP contribution in [-0.2, 0) is 4.79 Å². The molecule has 7 nitrogen and oxygen atoms in total. The molecule has 0 aliphatic rings. The fourth-order valence-corrected chi connectivity index (χ4v) is 3.14. The zero-order chi connectivity index (χ0) is 25.8. The molecule has 0 fully saturated rings. The highest BCUT2D eigenvalue weighted by Crippen LogP contribution is 2.26. The maximum absolute atomic E-state index is 12.1. The molecule has 3 aromatic rings. The number of aromatic amines is 1. The summed E-state index contributed by atoms with van der Waals surface area (Å²) in [6, 6.07) is 12.9. The number of Topliss-reactive ketones (excluding diaryl/α,β-unsaturated/α-hetero) is 1. The molecular weight excluding hydrogens is 459 g/mol. The summed E-state index contributed by atoms with van der Waals surface area (Å²) in [6.07, 6.45) is -0.478. The molecule has 0 saturated heterocycles. The first-order chi connectivity index (χ1) is 16.6. The van der Waals surface area contributed by atoms with Crippen LogP contribution in [0.1, 0.15) is 44.6 Å². The van der Waals surface area contributed by atoms with Crippen molar-refractivity contribution in [1.82, 2.24) is 15.2 Å². The predicted octanol–water partition coefficient (Wildman–Crippen LogP) is 5.16. The van der Waals surface area contributed by atoms with Crippen LogP contribution in [0, 0.1) is 6.92 Å². The van der Waals surface area contributed by atoms with Crippen LogP contribution in [0.25, 0.3) is 22.8 Å². The minimum atomic E-state index is -4.70. The summed E-state index contributed by atoms with van der Waals surface area (Å²) in [7, 11) is 0. The molecule has 0 aliphatic carbocycles. The van der Waals surface area contributed by atoms with E-state index in [0.29, 0.717) is 30.2 Å². The number of benzene rings is 2. The van der Waals surface area contributed by atoms with Gasteiger partial charge in [0.2, 0.25) is 0 Å². The molecular formula is C25H32F3N5O2. The molecule has 10 heteroatoms. The number of ketones is 1. The number of aromatic nitrogens is 3. The second kappa shape index (κ2) is 13.6. The van der Waals surface area contributed by atoms with Gasteiger partial charge in [0.05, 0.1) is 6.04 Å². The molecule has 0 spiro atoms. The van der Waals surface area contributed by atoms with Gasteiger partial charge < -0.3 is 16.2 Å². The second-order valence-electron chi connectivity index (χ2n) is 8.05. The Labute approximate surface area is 203 Å². The predicted molar refractivity (Wildman–Crippen MR) is 129 cm³/mol. The number of carbonyl (C=O) groups excluding carboxylic acids is 1. The Hall–Kier alpha value is -3.24. The molecule has 190 valence electrons. The van der Waals surface area contributed by atoms with Crippen LogP contribution in [0.3, 0.4) is 0 Å². The van der Waals surface area contributed by atoms with Crippen molar-refractivity contribution in [2.24, 2.45) is 11.5 Å². The van der Waals surface area contributed by atoms with Crippen LogP contribution in [0.5, 0.6) is 5.75 Å². The maximum atomic E-state index is 12.1. The molecule has 3 rings (SSSR count). The number of hydrogen-bond acceptors (Lipinski definition) is 6. The van der Waals surface area contributed by atoms with Crippen molar-refractivity contribution >= 4 is 5.78 Å². The van der Waals surface area contributed by atoms with Crippen molar-refractivity contribution in [2.45, 2.75) is 58.4 Å². The Kier molecular flexibility index (Phi) is 10.9. The number of ether oxygens (including phenoxy) is 1. The molecule has 0 bridgehead atoms. The van der Waals surface area contributed by atoms with Crippen LogP contribution < -0.4 is 16.2 Å². The fourth-order valence-electron chi connectivity index (χ4n) is 3.14. The number of rotatable bonds is 10. The monoisotopic (exact) mass is 491 g/mol. The van der Waals surface area contributed by atoms with Crippen molar-refractivity contribution in [1.29, 1.82) is 0 Å². The topological polar surface area (TPSA) is 120 Å². The zero-order valence-corrected chi connectivity index (χ0v) is 19.9. The average molecular weight is 492 g/mol. The zero-order valence-electron chi connectivity index (χ0n) is 19.9. The Morgan fingerprint density at radius 1 is 1.06 bits per heavy atom. The molecule has 5 N–H and O–H groups in total. The number of carbonyl (C=O) groups is 1. The van der Waals surface area contributed by atoms with Gasteiger partial charge in [-0.05, 0) is 57.0 Å². The lowest BCUT2D eigenvalue weighted by Gasteiger charge is -2.08. The number of halogens is 3. The minimum absolute atomic E-state index is 0.189. The van der Waals surface area contributed by atoms with Gasteiger partial charge in [0, 0.05) is 17.5 Å². The number of alkyl halides is 3. The molecule has 0 saturated carbocycles. The minimum Gasteiger partial charge on any atom is -0.406 e. The smallest absolute Gasteiger partial charge is 0.406 e. The van der Waals surface area contributed by atoms with E-state index >= 15 is 0 Å². The summed E-state index contributed by atoms with van der Waals surface area (Å²) < 4.78 is 40.2. The first-order valence-corrected chi connectivity index (χ1v) is 11.5. The Balaban J connectivity index is 0.000000307. The molecule has 0 amide bonds. The number of aryl methyl sites for hydroxylation is 1. The lowest BCUT2D eigenvalue weighted by molar-refractivity contribution is -0.274. The van der Waals surface area contributed by atoms with E-state index in [1.807, 2.05) is 38.1 Å². The SMILES string of the molecule is CCCC(=O)C(N)CCCCN.Cc1ccc(-c2nc(-c3ccc(OC(F)(F)F)cc3)n[nH]2)cc1. The largest absolute Gasteiger partial charge is 0.573 e. The summed E-state index contributed by atoms with van der Waals surface area (Å²) in [5.41, 5.74) is 13.6. The molecule has 1 heterocycles. The Morgan fingerprint density at radius 3 is 2.26 bits per heavy atom. The van der Waals surface area contributed by atoms with E-state index in [2.05, 4.69) is 19.9 Å². The van der Waals surface area contributed by atoms with E-state index in [9.17, 15) is 18.0 Å². The molecule has 35 heavy (non-hydrogen) atoms. The summed E-state index contributed by atoms with van der Waals surface area (Å²) in [5.74, 6) is 0.903. The van der Waals surface area contributed by atoms with E-state index < -0.39 is 6.36 Å². The fraction of sp³-hybridized carbons (Fsp3) is 0.400. The van der Waals surface area contributed by atoms with Crippen LogP contribution in [0.2, 0.25) is 0 Å². The van der Waals surface area contributed by atoms with E-state index in [0.717, 1.165) is 36.8 Å². The highest BCUT2D eigenvalue weighted by molar-refractivity contribution is 5.83. The van der Waals surface area contributed by atoms with E-state index in [1.54, 1.807) is 0 Å². The summed E-state index contributed by atoms with van der Waals surface area (Å²) in [5, 5.41) is 6.91. The van der Waals surface area contributed by atoms with Crippen LogP contribution >= 0.6 is 0 Å². The Morgan fingerprint density at radius 2 is 1.69 bits per heavy atom. The lowest BCUT2D eigenvalue weighted by Crippen LogP contribution is -2.30. The van der Waals surface area contributed by atoms with E-state index in [1.165, 1.54) is 24.3 Å². The van der Waals surface area contributed by atoms with Crippen molar-refractivity contribution < 1.29 is 22.7 Å². The van der Waals surface area contributed by atoms with Gasteiger partial charge in [-0.3, -0.25) is 9.89 Å². The van der Waals surface area contributed by atoms with Gasteiger partial charge in [-0.15, -0.1) is 13.2 Å². The van der Waals surface area contributed by atoms with E-state index in [4.69, 9.17) is 11.5 Å². The highest BCUT2D eigenvalue weighted by atomic mass is 19.4. The first kappa shape index (κ1) is 28.0. The van der Waals surface area contributed by atoms with Gasteiger partial charge in [0.15, 0.2) is 11.6 Å². The Bertz CT molecular complexity index is 1030. The summed E-state index contributed by atoms with van der Waals surface area (Å²) in [4.78, 5) is 15.5. The van der Waals surface area contributed by atoms with Crippen molar-refractivity contribution in [3.05, 3.63) is 54.1 Å². The molecule has 0 radical (unpaired) electrons. The van der Waals surface area contributed by atoms with E-state index in [-0.39, 0.29) is 17.6 Å². The second-order valence-corrected chi connectivity index (χ2v) is 8.05. The molecule has 1 aromatic heterocycles. The van der Waals surface area contributed by atoms with Crippen LogP contribution in [-0.4, -0.2) is 39.9 Å². The van der Waals surface area contributed by atoms with Gasteiger partial charge >= 0.3 is 6.36 Å². The van der Waals surface area contributed by atoms with Gasteiger partial charge in [-0.1, -0.05) is 43.2 Å². The highest BCUT2D eigenvalue weighted by Gasteiger charge is 2.31.